The number of methoxy groups -OCH3 is 2. The first-order valence-electron chi connectivity index (χ1n) is 8.67. The molecule has 2 amide bonds. The topological polar surface area (TPSA) is 89.0 Å². The van der Waals surface area contributed by atoms with Gasteiger partial charge in [-0.15, -0.1) is 0 Å². The third-order valence-electron chi connectivity index (χ3n) is 3.86. The number of hydrogen-bond donors (Lipinski definition) is 2. The second kappa shape index (κ2) is 11.3. The summed E-state index contributed by atoms with van der Waals surface area (Å²) in [5.74, 6) is 0.324. The van der Waals surface area contributed by atoms with Gasteiger partial charge in [-0.2, -0.15) is 5.10 Å². The zero-order chi connectivity index (χ0) is 21.2. The monoisotopic (exact) mass is 437 g/mol. The fourth-order valence-electron chi connectivity index (χ4n) is 2.41. The third-order valence-corrected chi connectivity index (χ3v) is 4.42. The second-order valence-corrected chi connectivity index (χ2v) is 6.77. The Kier molecular flexibility index (Phi) is 8.76. The average Bonchev–Trinajstić information content (AvgIpc) is 2.69. The average molecular weight is 438 g/mol. The summed E-state index contributed by atoms with van der Waals surface area (Å²) < 4.78 is 10.4. The summed E-state index contributed by atoms with van der Waals surface area (Å²) in [7, 11) is 3.13. The summed E-state index contributed by atoms with van der Waals surface area (Å²) >= 11 is 11.8. The van der Waals surface area contributed by atoms with Gasteiger partial charge >= 0.3 is 0 Å². The highest BCUT2D eigenvalue weighted by molar-refractivity contribution is 6.36. The van der Waals surface area contributed by atoms with Crippen LogP contribution in [0.15, 0.2) is 41.5 Å². The van der Waals surface area contributed by atoms with E-state index in [2.05, 4.69) is 15.8 Å². The standard InChI is InChI=1S/C20H21Cl2N3O4/c1-28-17-6-3-13(9-18(17)29-2)7-8-23-19(26)11-20(27)25-24-12-14-4-5-15(21)10-16(14)22/h3-6,9-10,12H,7-8,11H2,1-2H3,(H,23,26)(H,25,27)/b24-12+. The van der Waals surface area contributed by atoms with Crippen LogP contribution in [0.5, 0.6) is 11.5 Å². The summed E-state index contributed by atoms with van der Waals surface area (Å²) in [6.45, 7) is 0.380. The molecule has 0 saturated carbocycles. The summed E-state index contributed by atoms with van der Waals surface area (Å²) in [6, 6.07) is 10.4. The highest BCUT2D eigenvalue weighted by atomic mass is 35.5. The molecule has 0 saturated heterocycles. The molecule has 154 valence electrons. The molecular formula is C20H21Cl2N3O4. The van der Waals surface area contributed by atoms with Crippen molar-refractivity contribution in [2.24, 2.45) is 5.10 Å². The molecule has 0 bridgehead atoms. The van der Waals surface area contributed by atoms with Gasteiger partial charge in [0.2, 0.25) is 11.8 Å². The van der Waals surface area contributed by atoms with E-state index in [-0.39, 0.29) is 6.42 Å². The number of nitrogens with one attached hydrogen (secondary N) is 2. The van der Waals surface area contributed by atoms with E-state index < -0.39 is 11.8 Å². The third kappa shape index (κ3) is 7.29. The molecule has 0 radical (unpaired) electrons. The maximum absolute atomic E-state index is 11.9. The van der Waals surface area contributed by atoms with Crippen LogP contribution in [0, 0.1) is 0 Å². The highest BCUT2D eigenvalue weighted by Crippen LogP contribution is 2.27. The van der Waals surface area contributed by atoms with E-state index in [1.54, 1.807) is 38.5 Å². The highest BCUT2D eigenvalue weighted by Gasteiger charge is 2.09. The molecule has 0 atom stereocenters. The Balaban J connectivity index is 1.74. The molecule has 0 unspecified atom stereocenters. The number of halogens is 2. The number of rotatable bonds is 9. The lowest BCUT2D eigenvalue weighted by molar-refractivity contribution is -0.129. The summed E-state index contributed by atoms with van der Waals surface area (Å²) in [4.78, 5) is 23.7. The number of hydrogen-bond acceptors (Lipinski definition) is 5. The number of carbonyl (C=O) groups excluding carboxylic acids is 2. The van der Waals surface area contributed by atoms with Crippen LogP contribution >= 0.6 is 23.2 Å². The van der Waals surface area contributed by atoms with Gasteiger partial charge in [-0.1, -0.05) is 35.3 Å². The van der Waals surface area contributed by atoms with Gasteiger partial charge in [-0.25, -0.2) is 5.43 Å². The number of benzene rings is 2. The van der Waals surface area contributed by atoms with Gasteiger partial charge < -0.3 is 14.8 Å². The van der Waals surface area contributed by atoms with Gasteiger partial charge in [0.05, 0.1) is 25.5 Å². The molecule has 9 heteroatoms. The van der Waals surface area contributed by atoms with E-state index in [0.29, 0.717) is 40.1 Å². The maximum Gasteiger partial charge on any atom is 0.249 e. The largest absolute Gasteiger partial charge is 0.493 e. The Morgan fingerprint density at radius 2 is 1.79 bits per heavy atom. The van der Waals surface area contributed by atoms with Gasteiger partial charge in [0.25, 0.3) is 0 Å². The number of nitrogens with zero attached hydrogens (tertiary/aromatic N) is 1. The molecule has 7 nitrogen and oxygen atoms in total. The van der Waals surface area contributed by atoms with Gasteiger partial charge in [0.15, 0.2) is 11.5 Å². The minimum Gasteiger partial charge on any atom is -0.493 e. The van der Waals surface area contributed by atoms with E-state index in [4.69, 9.17) is 32.7 Å². The normalized spacial score (nSPS) is 10.6. The van der Waals surface area contributed by atoms with E-state index in [1.165, 1.54) is 6.21 Å². The lowest BCUT2D eigenvalue weighted by atomic mass is 10.1. The van der Waals surface area contributed by atoms with Crippen molar-refractivity contribution >= 4 is 41.2 Å². The van der Waals surface area contributed by atoms with Crippen molar-refractivity contribution in [3.63, 3.8) is 0 Å². The van der Waals surface area contributed by atoms with Crippen molar-refractivity contribution in [3.05, 3.63) is 57.6 Å². The molecule has 0 aliphatic carbocycles. The predicted molar refractivity (Wildman–Crippen MR) is 113 cm³/mol. The van der Waals surface area contributed by atoms with Crippen LogP contribution in [0.25, 0.3) is 0 Å². The lowest BCUT2D eigenvalue weighted by Gasteiger charge is -2.10. The Bertz CT molecular complexity index is 903. The first kappa shape index (κ1) is 22.5. The summed E-state index contributed by atoms with van der Waals surface area (Å²) in [5, 5.41) is 7.39. The lowest BCUT2D eigenvalue weighted by Crippen LogP contribution is -2.31. The molecular weight excluding hydrogens is 417 g/mol. The van der Waals surface area contributed by atoms with Gasteiger partial charge in [0, 0.05) is 17.1 Å². The van der Waals surface area contributed by atoms with Crippen LogP contribution in [0.1, 0.15) is 17.5 Å². The van der Waals surface area contributed by atoms with E-state index >= 15 is 0 Å². The van der Waals surface area contributed by atoms with Crippen LogP contribution in [0.2, 0.25) is 10.0 Å². The van der Waals surface area contributed by atoms with E-state index in [0.717, 1.165) is 5.56 Å². The van der Waals surface area contributed by atoms with Crippen molar-refractivity contribution in [3.8, 4) is 11.5 Å². The smallest absolute Gasteiger partial charge is 0.249 e. The van der Waals surface area contributed by atoms with Crippen molar-refractivity contribution in [1.82, 2.24) is 10.7 Å². The summed E-state index contributed by atoms with van der Waals surface area (Å²) in [5.41, 5.74) is 3.85. The fraction of sp³-hybridized carbons (Fsp3) is 0.250. The molecule has 2 N–H and O–H groups in total. The van der Waals surface area contributed by atoms with Gasteiger partial charge in [-0.05, 0) is 36.2 Å². The fourth-order valence-corrected chi connectivity index (χ4v) is 2.87. The molecule has 2 aromatic rings. The number of amides is 2. The van der Waals surface area contributed by atoms with E-state index in [1.807, 2.05) is 12.1 Å². The van der Waals surface area contributed by atoms with E-state index in [9.17, 15) is 9.59 Å². The molecule has 0 aromatic heterocycles. The second-order valence-electron chi connectivity index (χ2n) is 5.93. The molecule has 2 rings (SSSR count). The first-order chi connectivity index (χ1) is 13.9. The predicted octanol–water partition coefficient (Wildman–Crippen LogP) is 3.21. The number of ether oxygens (including phenoxy) is 2. The zero-order valence-electron chi connectivity index (χ0n) is 16.0. The van der Waals surface area contributed by atoms with Crippen molar-refractivity contribution in [1.29, 1.82) is 0 Å². The number of hydrazone groups is 1. The number of carbonyl (C=O) groups is 2. The van der Waals surface area contributed by atoms with Crippen molar-refractivity contribution < 1.29 is 19.1 Å². The van der Waals surface area contributed by atoms with Gasteiger partial charge in [0.1, 0.15) is 6.42 Å². The molecule has 0 aliphatic rings. The van der Waals surface area contributed by atoms with Crippen LogP contribution in [-0.4, -0.2) is 38.8 Å². The summed E-state index contributed by atoms with van der Waals surface area (Å²) in [6.07, 6.45) is 1.63. The van der Waals surface area contributed by atoms with Crippen molar-refractivity contribution in [2.75, 3.05) is 20.8 Å². The molecule has 0 fully saturated rings. The Morgan fingerprint density at radius 1 is 1.03 bits per heavy atom. The van der Waals surface area contributed by atoms with Crippen LogP contribution in [0.4, 0.5) is 0 Å². The quantitative estimate of drug-likeness (QED) is 0.358. The van der Waals surface area contributed by atoms with Crippen molar-refractivity contribution in [2.45, 2.75) is 12.8 Å². The minimum absolute atomic E-state index is 0.336. The Labute approximate surface area is 179 Å². The maximum atomic E-state index is 11.9. The van der Waals surface area contributed by atoms with Crippen LogP contribution in [-0.2, 0) is 16.0 Å². The molecule has 0 aliphatic heterocycles. The van der Waals surface area contributed by atoms with Gasteiger partial charge in [-0.3, -0.25) is 9.59 Å². The Hall–Kier alpha value is -2.77. The zero-order valence-corrected chi connectivity index (χ0v) is 17.5. The van der Waals surface area contributed by atoms with Crippen LogP contribution in [0.3, 0.4) is 0 Å². The molecule has 0 spiro atoms. The molecule has 0 heterocycles. The SMILES string of the molecule is COc1ccc(CCNC(=O)CC(=O)N/N=C/c2ccc(Cl)cc2Cl)cc1OC. The minimum atomic E-state index is -0.532. The Morgan fingerprint density at radius 3 is 2.48 bits per heavy atom. The molecule has 29 heavy (non-hydrogen) atoms. The van der Waals surface area contributed by atoms with Crippen LogP contribution < -0.4 is 20.2 Å². The first-order valence-corrected chi connectivity index (χ1v) is 9.43. The molecule has 2 aromatic carbocycles.